The van der Waals surface area contributed by atoms with Crippen LogP contribution in [-0.4, -0.2) is 17.8 Å². The third-order valence-electron chi connectivity index (χ3n) is 2.13. The van der Waals surface area contributed by atoms with Gasteiger partial charge in [0, 0.05) is 10.6 Å². The third kappa shape index (κ3) is 1.50. The molecular weight excluding hydrogens is 190 g/mol. The molecule has 0 aromatic heterocycles. The zero-order valence-corrected chi connectivity index (χ0v) is 7.66. The van der Waals surface area contributed by atoms with Crippen molar-refractivity contribution < 1.29 is 9.84 Å². The summed E-state index contributed by atoms with van der Waals surface area (Å²) in [6.07, 6.45) is -0.678. The van der Waals surface area contributed by atoms with Gasteiger partial charge in [-0.3, -0.25) is 0 Å². The molecule has 2 atom stereocenters. The molecule has 0 fully saturated rings. The molecule has 70 valence electrons. The molecule has 13 heavy (non-hydrogen) atoms. The Kier molecular flexibility index (Phi) is 2.15. The SMILES string of the molecule is N[C@@H]1COc2ccc(Cl)cc2[C@@H]1O. The van der Waals surface area contributed by atoms with Crippen molar-refractivity contribution in [1.82, 2.24) is 0 Å². The summed E-state index contributed by atoms with van der Waals surface area (Å²) < 4.78 is 5.32. The Bertz CT molecular complexity index is 329. The molecule has 0 saturated carbocycles. The molecule has 0 spiro atoms. The molecule has 4 heteroatoms. The Morgan fingerprint density at radius 3 is 3.08 bits per heavy atom. The van der Waals surface area contributed by atoms with E-state index in [1.807, 2.05) is 0 Å². The first kappa shape index (κ1) is 8.81. The summed E-state index contributed by atoms with van der Waals surface area (Å²) in [5.74, 6) is 0.665. The van der Waals surface area contributed by atoms with Crippen molar-refractivity contribution in [3.05, 3.63) is 28.8 Å². The number of hydrogen-bond acceptors (Lipinski definition) is 3. The van der Waals surface area contributed by atoms with Crippen molar-refractivity contribution in [3.8, 4) is 5.75 Å². The van der Waals surface area contributed by atoms with Crippen LogP contribution in [0.3, 0.4) is 0 Å². The standard InChI is InChI=1S/C9H10ClNO2/c10-5-1-2-8-6(3-5)9(12)7(11)4-13-8/h1-3,7,9,12H,4,11H2/t7-,9+/m1/s1. The summed E-state index contributed by atoms with van der Waals surface area (Å²) in [7, 11) is 0. The summed E-state index contributed by atoms with van der Waals surface area (Å²) >= 11 is 5.78. The predicted octanol–water partition coefficient (Wildman–Crippen LogP) is 1.09. The maximum absolute atomic E-state index is 9.69. The molecule has 0 radical (unpaired) electrons. The molecule has 1 aliphatic heterocycles. The van der Waals surface area contributed by atoms with E-state index < -0.39 is 6.10 Å². The normalized spacial score (nSPS) is 26.4. The van der Waals surface area contributed by atoms with Gasteiger partial charge in [0.05, 0.1) is 6.04 Å². The van der Waals surface area contributed by atoms with E-state index in [0.717, 1.165) is 0 Å². The molecule has 3 nitrogen and oxygen atoms in total. The molecule has 0 bridgehead atoms. The van der Waals surface area contributed by atoms with Crippen LogP contribution in [0.15, 0.2) is 18.2 Å². The monoisotopic (exact) mass is 199 g/mol. The molecule has 0 unspecified atom stereocenters. The highest BCUT2D eigenvalue weighted by Crippen LogP contribution is 2.33. The average molecular weight is 200 g/mol. The first-order valence-corrected chi connectivity index (χ1v) is 4.42. The molecule has 1 aliphatic rings. The number of benzene rings is 1. The quantitative estimate of drug-likeness (QED) is 0.658. The predicted molar refractivity (Wildman–Crippen MR) is 49.9 cm³/mol. The van der Waals surface area contributed by atoms with Crippen LogP contribution in [0.4, 0.5) is 0 Å². The minimum atomic E-state index is -0.678. The van der Waals surface area contributed by atoms with E-state index in [1.165, 1.54) is 0 Å². The molecule has 1 aromatic rings. The van der Waals surface area contributed by atoms with Crippen molar-refractivity contribution in [3.63, 3.8) is 0 Å². The molecule has 0 saturated heterocycles. The molecule has 2 rings (SSSR count). The van der Waals surface area contributed by atoms with Crippen molar-refractivity contribution in [2.45, 2.75) is 12.1 Å². The van der Waals surface area contributed by atoms with Crippen LogP contribution in [-0.2, 0) is 0 Å². The van der Waals surface area contributed by atoms with Gasteiger partial charge in [0.1, 0.15) is 18.5 Å². The van der Waals surface area contributed by atoms with Crippen LogP contribution in [0.1, 0.15) is 11.7 Å². The van der Waals surface area contributed by atoms with E-state index in [-0.39, 0.29) is 6.04 Å². The van der Waals surface area contributed by atoms with E-state index in [1.54, 1.807) is 18.2 Å². The summed E-state index contributed by atoms with van der Waals surface area (Å²) in [6, 6.07) is 4.78. The lowest BCUT2D eigenvalue weighted by molar-refractivity contribution is 0.0916. The number of fused-ring (bicyclic) bond motifs is 1. The molecular formula is C9H10ClNO2. The highest BCUT2D eigenvalue weighted by Gasteiger charge is 2.26. The number of aliphatic hydroxyl groups is 1. The summed E-state index contributed by atoms with van der Waals surface area (Å²) in [4.78, 5) is 0. The molecule has 3 N–H and O–H groups in total. The van der Waals surface area contributed by atoms with E-state index >= 15 is 0 Å². The van der Waals surface area contributed by atoms with E-state index in [4.69, 9.17) is 22.1 Å². The van der Waals surface area contributed by atoms with Crippen molar-refractivity contribution in [2.24, 2.45) is 5.73 Å². The van der Waals surface area contributed by atoms with Gasteiger partial charge >= 0.3 is 0 Å². The Labute approximate surface area is 81.1 Å². The van der Waals surface area contributed by atoms with E-state index in [0.29, 0.717) is 22.9 Å². The number of aliphatic hydroxyl groups excluding tert-OH is 1. The van der Waals surface area contributed by atoms with Gasteiger partial charge in [-0.1, -0.05) is 11.6 Å². The van der Waals surface area contributed by atoms with Crippen LogP contribution in [0, 0.1) is 0 Å². The summed E-state index contributed by atoms with van der Waals surface area (Å²) in [6.45, 7) is 0.343. The number of halogens is 1. The van der Waals surface area contributed by atoms with Gasteiger partial charge in [0.2, 0.25) is 0 Å². The van der Waals surface area contributed by atoms with Crippen LogP contribution >= 0.6 is 11.6 Å². The van der Waals surface area contributed by atoms with Crippen molar-refractivity contribution in [1.29, 1.82) is 0 Å². The highest BCUT2D eigenvalue weighted by atomic mass is 35.5. The first-order chi connectivity index (χ1) is 6.18. The van der Waals surface area contributed by atoms with Crippen LogP contribution in [0.5, 0.6) is 5.75 Å². The molecule has 1 heterocycles. The van der Waals surface area contributed by atoms with Crippen LogP contribution in [0.25, 0.3) is 0 Å². The van der Waals surface area contributed by atoms with Crippen molar-refractivity contribution in [2.75, 3.05) is 6.61 Å². The average Bonchev–Trinajstić information content (AvgIpc) is 2.12. The lowest BCUT2D eigenvalue weighted by Gasteiger charge is -2.27. The number of rotatable bonds is 0. The fourth-order valence-electron chi connectivity index (χ4n) is 1.39. The fourth-order valence-corrected chi connectivity index (χ4v) is 1.57. The van der Waals surface area contributed by atoms with E-state index in [9.17, 15) is 5.11 Å². The topological polar surface area (TPSA) is 55.5 Å². The Morgan fingerprint density at radius 1 is 1.54 bits per heavy atom. The molecule has 1 aromatic carbocycles. The number of nitrogens with two attached hydrogens (primary N) is 1. The largest absolute Gasteiger partial charge is 0.491 e. The maximum atomic E-state index is 9.69. The second-order valence-corrected chi connectivity index (χ2v) is 3.54. The fraction of sp³-hybridized carbons (Fsp3) is 0.333. The Hall–Kier alpha value is -0.770. The van der Waals surface area contributed by atoms with Crippen LogP contribution < -0.4 is 10.5 Å². The third-order valence-corrected chi connectivity index (χ3v) is 2.36. The second kappa shape index (κ2) is 3.18. The lowest BCUT2D eigenvalue weighted by atomic mass is 10.00. The number of hydrogen-bond donors (Lipinski definition) is 2. The van der Waals surface area contributed by atoms with Gasteiger partial charge in [0.25, 0.3) is 0 Å². The highest BCUT2D eigenvalue weighted by molar-refractivity contribution is 6.30. The Balaban J connectivity index is 2.45. The summed E-state index contributed by atoms with van der Waals surface area (Å²) in [5.41, 5.74) is 6.30. The van der Waals surface area contributed by atoms with Gasteiger partial charge in [0.15, 0.2) is 0 Å². The van der Waals surface area contributed by atoms with Gasteiger partial charge in [-0.15, -0.1) is 0 Å². The minimum absolute atomic E-state index is 0.343. The summed E-state index contributed by atoms with van der Waals surface area (Å²) in [5, 5.41) is 10.3. The van der Waals surface area contributed by atoms with Crippen molar-refractivity contribution >= 4 is 11.6 Å². The molecule has 0 amide bonds. The maximum Gasteiger partial charge on any atom is 0.125 e. The van der Waals surface area contributed by atoms with Gasteiger partial charge < -0.3 is 15.6 Å². The van der Waals surface area contributed by atoms with E-state index in [2.05, 4.69) is 0 Å². The first-order valence-electron chi connectivity index (χ1n) is 4.04. The van der Waals surface area contributed by atoms with Gasteiger partial charge in [-0.25, -0.2) is 0 Å². The minimum Gasteiger partial charge on any atom is -0.491 e. The van der Waals surface area contributed by atoms with Gasteiger partial charge in [-0.2, -0.15) is 0 Å². The van der Waals surface area contributed by atoms with Gasteiger partial charge in [-0.05, 0) is 18.2 Å². The zero-order valence-electron chi connectivity index (χ0n) is 6.90. The smallest absolute Gasteiger partial charge is 0.125 e. The van der Waals surface area contributed by atoms with Crippen LogP contribution in [0.2, 0.25) is 5.02 Å². The zero-order chi connectivity index (χ0) is 9.42. The lowest BCUT2D eigenvalue weighted by Crippen LogP contribution is -2.38. The second-order valence-electron chi connectivity index (χ2n) is 3.10. The molecule has 0 aliphatic carbocycles. The number of ether oxygens (including phenoxy) is 1. The Morgan fingerprint density at radius 2 is 2.31 bits per heavy atom.